The molecule has 96 valence electrons. The summed E-state index contributed by atoms with van der Waals surface area (Å²) in [4.78, 5) is 0. The number of anilines is 1. The maximum Gasteiger partial charge on any atom is 0.137 e. The summed E-state index contributed by atoms with van der Waals surface area (Å²) in [6, 6.07) is 12.1. The van der Waals surface area contributed by atoms with E-state index >= 15 is 0 Å². The molecule has 2 aromatic rings. The Balaban J connectivity index is 2.17. The van der Waals surface area contributed by atoms with Gasteiger partial charge in [0.25, 0.3) is 0 Å². The van der Waals surface area contributed by atoms with Crippen molar-refractivity contribution in [1.82, 2.24) is 0 Å². The number of nitrogens with two attached hydrogens (primary N) is 1. The standard InChI is InChI=1S/C14H10Cl2N2O/c15-11-2-1-9(13(16)6-11)8-19-14-4-3-12(18)5-10(14)7-17/h1-6H,8,18H2. The fourth-order valence-corrected chi connectivity index (χ4v) is 2.02. The van der Waals surface area contributed by atoms with Crippen molar-refractivity contribution in [1.29, 1.82) is 5.26 Å². The highest BCUT2D eigenvalue weighted by Crippen LogP contribution is 2.25. The van der Waals surface area contributed by atoms with E-state index in [1.807, 2.05) is 6.07 Å². The topological polar surface area (TPSA) is 59.0 Å². The number of nitrogens with zero attached hydrogens (tertiary/aromatic N) is 1. The minimum absolute atomic E-state index is 0.259. The fourth-order valence-electron chi connectivity index (χ4n) is 1.56. The van der Waals surface area contributed by atoms with Crippen molar-refractivity contribution in [2.24, 2.45) is 0 Å². The highest BCUT2D eigenvalue weighted by Gasteiger charge is 2.06. The van der Waals surface area contributed by atoms with Crippen molar-refractivity contribution in [3.63, 3.8) is 0 Å². The Hall–Kier alpha value is -1.89. The zero-order valence-electron chi connectivity index (χ0n) is 9.86. The minimum atomic E-state index is 0.259. The molecular weight excluding hydrogens is 283 g/mol. The molecule has 0 aliphatic heterocycles. The molecule has 0 amide bonds. The molecule has 0 aliphatic rings. The maximum atomic E-state index is 9.00. The largest absolute Gasteiger partial charge is 0.487 e. The Morgan fingerprint density at radius 1 is 1.16 bits per heavy atom. The molecule has 0 aliphatic carbocycles. The number of nitrogen functional groups attached to an aromatic ring is 1. The van der Waals surface area contributed by atoms with Crippen molar-refractivity contribution < 1.29 is 4.74 Å². The number of benzene rings is 2. The molecule has 0 spiro atoms. The first-order valence-electron chi connectivity index (χ1n) is 5.46. The molecule has 0 unspecified atom stereocenters. The Morgan fingerprint density at radius 2 is 1.95 bits per heavy atom. The van der Waals surface area contributed by atoms with Crippen LogP contribution in [-0.4, -0.2) is 0 Å². The number of halogens is 2. The molecule has 0 atom stereocenters. The van der Waals surface area contributed by atoms with Gasteiger partial charge in [-0.25, -0.2) is 0 Å². The van der Waals surface area contributed by atoms with Gasteiger partial charge in [-0.15, -0.1) is 0 Å². The monoisotopic (exact) mass is 292 g/mol. The van der Waals surface area contributed by atoms with E-state index in [1.165, 1.54) is 0 Å². The van der Waals surface area contributed by atoms with Gasteiger partial charge in [-0.2, -0.15) is 5.26 Å². The Labute approximate surface area is 121 Å². The lowest BCUT2D eigenvalue weighted by Gasteiger charge is -2.09. The molecule has 0 bridgehead atoms. The van der Waals surface area contributed by atoms with Gasteiger partial charge in [-0.3, -0.25) is 0 Å². The van der Waals surface area contributed by atoms with Gasteiger partial charge in [0.05, 0.1) is 5.56 Å². The second-order valence-corrected chi connectivity index (χ2v) is 4.74. The van der Waals surface area contributed by atoms with Gasteiger partial charge in [0.2, 0.25) is 0 Å². The quantitative estimate of drug-likeness (QED) is 0.869. The number of ether oxygens (including phenoxy) is 1. The van der Waals surface area contributed by atoms with E-state index in [0.717, 1.165) is 5.56 Å². The molecule has 2 rings (SSSR count). The average molecular weight is 293 g/mol. The predicted molar refractivity (Wildman–Crippen MR) is 76.4 cm³/mol. The third-order valence-corrected chi connectivity index (χ3v) is 3.11. The molecule has 2 aromatic carbocycles. The highest BCUT2D eigenvalue weighted by molar-refractivity contribution is 6.35. The number of rotatable bonds is 3. The molecule has 2 N–H and O–H groups in total. The first-order valence-corrected chi connectivity index (χ1v) is 6.22. The smallest absolute Gasteiger partial charge is 0.137 e. The number of hydrogen-bond acceptors (Lipinski definition) is 3. The van der Waals surface area contributed by atoms with Gasteiger partial charge in [0.1, 0.15) is 18.4 Å². The predicted octanol–water partition coefficient (Wildman–Crippen LogP) is 4.03. The zero-order chi connectivity index (χ0) is 13.8. The average Bonchev–Trinajstić information content (AvgIpc) is 2.39. The zero-order valence-corrected chi connectivity index (χ0v) is 11.4. The summed E-state index contributed by atoms with van der Waals surface area (Å²) in [5.74, 6) is 0.475. The molecule has 5 heteroatoms. The highest BCUT2D eigenvalue weighted by atomic mass is 35.5. The summed E-state index contributed by atoms with van der Waals surface area (Å²) < 4.78 is 5.58. The number of nitriles is 1. The van der Waals surface area contributed by atoms with Gasteiger partial charge in [0, 0.05) is 21.3 Å². The molecule has 0 heterocycles. The maximum absolute atomic E-state index is 9.00. The summed E-state index contributed by atoms with van der Waals surface area (Å²) in [7, 11) is 0. The molecule has 0 aromatic heterocycles. The van der Waals surface area contributed by atoms with Crippen LogP contribution in [0.15, 0.2) is 36.4 Å². The van der Waals surface area contributed by atoms with Crippen LogP contribution in [0.4, 0.5) is 5.69 Å². The van der Waals surface area contributed by atoms with Gasteiger partial charge in [-0.1, -0.05) is 29.3 Å². The number of hydrogen-bond donors (Lipinski definition) is 1. The first kappa shape index (κ1) is 13.5. The Bertz CT molecular complexity index is 650. The van der Waals surface area contributed by atoms with E-state index < -0.39 is 0 Å². The van der Waals surface area contributed by atoms with Crippen LogP contribution in [0.1, 0.15) is 11.1 Å². The summed E-state index contributed by atoms with van der Waals surface area (Å²) >= 11 is 11.9. The summed E-state index contributed by atoms with van der Waals surface area (Å²) in [5.41, 5.74) is 7.32. The third kappa shape index (κ3) is 3.31. The Kier molecular flexibility index (Phi) is 4.16. The van der Waals surface area contributed by atoms with Gasteiger partial charge in [-0.05, 0) is 30.3 Å². The van der Waals surface area contributed by atoms with E-state index in [2.05, 4.69) is 0 Å². The van der Waals surface area contributed by atoms with Crippen LogP contribution in [-0.2, 0) is 6.61 Å². The molecule has 0 fully saturated rings. The van der Waals surface area contributed by atoms with Crippen molar-refractivity contribution in [3.05, 3.63) is 57.6 Å². The van der Waals surface area contributed by atoms with E-state index in [-0.39, 0.29) is 6.61 Å². The molecule has 19 heavy (non-hydrogen) atoms. The second kappa shape index (κ2) is 5.83. The van der Waals surface area contributed by atoms with Crippen LogP contribution in [0.2, 0.25) is 10.0 Å². The second-order valence-electron chi connectivity index (χ2n) is 3.89. The Morgan fingerprint density at radius 3 is 2.63 bits per heavy atom. The van der Waals surface area contributed by atoms with Crippen LogP contribution in [0.25, 0.3) is 0 Å². The van der Waals surface area contributed by atoms with E-state index in [9.17, 15) is 0 Å². The molecule has 0 saturated heterocycles. The van der Waals surface area contributed by atoms with Crippen LogP contribution < -0.4 is 10.5 Å². The fraction of sp³-hybridized carbons (Fsp3) is 0.0714. The third-order valence-electron chi connectivity index (χ3n) is 2.52. The van der Waals surface area contributed by atoms with Crippen LogP contribution in [0, 0.1) is 11.3 Å². The van der Waals surface area contributed by atoms with E-state index in [4.69, 9.17) is 38.9 Å². The summed E-state index contributed by atoms with van der Waals surface area (Å²) in [6.45, 7) is 0.259. The van der Waals surface area contributed by atoms with Crippen molar-refractivity contribution >= 4 is 28.9 Å². The van der Waals surface area contributed by atoms with Crippen molar-refractivity contribution in [2.75, 3.05) is 5.73 Å². The normalized spacial score (nSPS) is 9.95. The molecule has 0 radical (unpaired) electrons. The van der Waals surface area contributed by atoms with E-state index in [1.54, 1.807) is 36.4 Å². The van der Waals surface area contributed by atoms with Gasteiger partial charge in [0.15, 0.2) is 0 Å². The molecule has 3 nitrogen and oxygen atoms in total. The van der Waals surface area contributed by atoms with E-state index in [0.29, 0.717) is 27.0 Å². The van der Waals surface area contributed by atoms with Gasteiger partial charge >= 0.3 is 0 Å². The summed E-state index contributed by atoms with van der Waals surface area (Å²) in [6.07, 6.45) is 0. The first-order chi connectivity index (χ1) is 9.10. The lowest BCUT2D eigenvalue weighted by molar-refractivity contribution is 0.305. The molecule has 0 saturated carbocycles. The SMILES string of the molecule is N#Cc1cc(N)ccc1OCc1ccc(Cl)cc1Cl. The lowest BCUT2D eigenvalue weighted by atomic mass is 10.2. The van der Waals surface area contributed by atoms with Crippen LogP contribution >= 0.6 is 23.2 Å². The van der Waals surface area contributed by atoms with Crippen LogP contribution in [0.3, 0.4) is 0 Å². The summed E-state index contributed by atoms with van der Waals surface area (Å²) in [5, 5.41) is 10.1. The van der Waals surface area contributed by atoms with Crippen molar-refractivity contribution in [2.45, 2.75) is 6.61 Å². The lowest BCUT2D eigenvalue weighted by Crippen LogP contribution is -1.99. The molecular formula is C14H10Cl2N2O. The van der Waals surface area contributed by atoms with Crippen LogP contribution in [0.5, 0.6) is 5.75 Å². The van der Waals surface area contributed by atoms with Crippen molar-refractivity contribution in [3.8, 4) is 11.8 Å². The van der Waals surface area contributed by atoms with Gasteiger partial charge < -0.3 is 10.5 Å². The minimum Gasteiger partial charge on any atom is -0.487 e.